The number of imidazole rings is 1. The van der Waals surface area contributed by atoms with Gasteiger partial charge in [-0.05, 0) is 55.3 Å². The molecule has 1 fully saturated rings. The molecule has 3 heterocycles. The highest BCUT2D eigenvalue weighted by Gasteiger charge is 2.41. The van der Waals surface area contributed by atoms with Crippen LogP contribution in [0.2, 0.25) is 0 Å². The van der Waals surface area contributed by atoms with E-state index < -0.39 is 5.60 Å². The number of aromatic nitrogens is 3. The predicted molar refractivity (Wildman–Crippen MR) is 141 cm³/mol. The molecule has 1 aliphatic rings. The Morgan fingerprint density at radius 1 is 1.16 bits per heavy atom. The van der Waals surface area contributed by atoms with E-state index in [0.29, 0.717) is 52.7 Å². The summed E-state index contributed by atoms with van der Waals surface area (Å²) in [6.45, 7) is 0.311. The molecule has 6 rings (SSSR count). The van der Waals surface area contributed by atoms with Crippen LogP contribution >= 0.6 is 11.3 Å². The average molecular weight is 514 g/mol. The summed E-state index contributed by atoms with van der Waals surface area (Å²) in [6, 6.07) is 18.1. The average Bonchev–Trinajstić information content (AvgIpc) is 3.34. The lowest BCUT2D eigenvalue weighted by Crippen LogP contribution is -2.26. The molecule has 10 heteroatoms. The van der Waals surface area contributed by atoms with Gasteiger partial charge in [0.05, 0.1) is 39.1 Å². The minimum atomic E-state index is -0.811. The summed E-state index contributed by atoms with van der Waals surface area (Å²) in [7, 11) is 1.71. The number of hydrogen-bond donors (Lipinski definition) is 2. The van der Waals surface area contributed by atoms with Gasteiger partial charge in [-0.15, -0.1) is 11.3 Å². The van der Waals surface area contributed by atoms with Gasteiger partial charge < -0.3 is 19.0 Å². The Morgan fingerprint density at radius 2 is 1.97 bits per heavy atom. The van der Waals surface area contributed by atoms with E-state index in [4.69, 9.17) is 4.42 Å². The van der Waals surface area contributed by atoms with Gasteiger partial charge in [-0.25, -0.2) is 9.97 Å². The number of amides is 2. The molecule has 0 atom stereocenters. The monoisotopic (exact) mass is 513 g/mol. The van der Waals surface area contributed by atoms with Gasteiger partial charge in [-0.2, -0.15) is 0 Å². The maximum Gasteiger partial charge on any atom is 0.268 e. The Bertz CT molecular complexity index is 1600. The van der Waals surface area contributed by atoms with Gasteiger partial charge in [0, 0.05) is 18.3 Å². The van der Waals surface area contributed by atoms with E-state index >= 15 is 0 Å². The molecule has 0 unspecified atom stereocenters. The lowest BCUT2D eigenvalue weighted by atomic mass is 10.2. The zero-order chi connectivity index (χ0) is 25.6. The van der Waals surface area contributed by atoms with Gasteiger partial charge in [0.25, 0.3) is 11.8 Å². The first-order valence-corrected chi connectivity index (χ1v) is 12.6. The van der Waals surface area contributed by atoms with E-state index in [1.54, 1.807) is 36.3 Å². The second-order valence-corrected chi connectivity index (χ2v) is 10.2. The fraction of sp³-hybridized carbons (Fsp3) is 0.185. The van der Waals surface area contributed by atoms with E-state index in [2.05, 4.69) is 15.3 Å². The highest BCUT2D eigenvalue weighted by atomic mass is 32.1. The number of thiophene rings is 1. The van der Waals surface area contributed by atoms with Crippen LogP contribution in [0.25, 0.3) is 21.7 Å². The molecule has 0 saturated heterocycles. The Kier molecular flexibility index (Phi) is 5.62. The number of benzene rings is 2. The van der Waals surface area contributed by atoms with Gasteiger partial charge in [0.15, 0.2) is 12.2 Å². The summed E-state index contributed by atoms with van der Waals surface area (Å²) in [5.74, 6) is 0.477. The minimum absolute atomic E-state index is 0.138. The first-order valence-electron chi connectivity index (χ1n) is 11.8. The Morgan fingerprint density at radius 3 is 2.70 bits per heavy atom. The molecule has 2 amide bonds. The molecule has 0 spiro atoms. The smallest absolute Gasteiger partial charge is 0.268 e. The second kappa shape index (κ2) is 8.99. The molecule has 2 N–H and O–H groups in total. The van der Waals surface area contributed by atoms with Crippen molar-refractivity contribution in [1.82, 2.24) is 14.5 Å². The van der Waals surface area contributed by atoms with E-state index in [0.717, 1.165) is 10.4 Å². The Hall–Kier alpha value is -4.28. The first-order chi connectivity index (χ1) is 17.9. The summed E-state index contributed by atoms with van der Waals surface area (Å²) in [6.07, 6.45) is 4.33. The van der Waals surface area contributed by atoms with Gasteiger partial charge in [0.2, 0.25) is 5.95 Å². The van der Waals surface area contributed by atoms with Crippen molar-refractivity contribution < 1.29 is 19.1 Å². The molecular weight excluding hydrogens is 490 g/mol. The van der Waals surface area contributed by atoms with Crippen molar-refractivity contribution in [2.24, 2.45) is 0 Å². The molecule has 37 heavy (non-hydrogen) atoms. The molecule has 3 aromatic heterocycles. The Balaban J connectivity index is 1.31. The predicted octanol–water partition coefficient (Wildman–Crippen LogP) is 4.81. The highest BCUT2D eigenvalue weighted by Crippen LogP contribution is 2.39. The van der Waals surface area contributed by atoms with Crippen molar-refractivity contribution in [2.45, 2.75) is 25.0 Å². The summed E-state index contributed by atoms with van der Waals surface area (Å²) in [4.78, 5) is 37.5. The van der Waals surface area contributed by atoms with Crippen LogP contribution in [0.1, 0.15) is 32.9 Å². The van der Waals surface area contributed by atoms with Crippen LogP contribution in [0, 0.1) is 0 Å². The first kappa shape index (κ1) is 23.1. The number of nitrogens with one attached hydrogen (secondary N) is 1. The van der Waals surface area contributed by atoms with Crippen molar-refractivity contribution in [3.63, 3.8) is 0 Å². The summed E-state index contributed by atoms with van der Waals surface area (Å²) in [5, 5.41) is 13.6. The largest absolute Gasteiger partial charge is 0.443 e. The number of fused-ring (bicyclic) bond motifs is 1. The SMILES string of the molecule is CN(C(=O)c1ccccc1)c1ccc2c(c1)nc(NC(=O)c1ccc(-c3cnco3)s1)n2CC1(O)CC1. The van der Waals surface area contributed by atoms with Crippen LogP contribution in [0.5, 0.6) is 0 Å². The lowest BCUT2D eigenvalue weighted by molar-refractivity contribution is 0.0991. The number of nitrogens with zero attached hydrogens (tertiary/aromatic N) is 4. The number of carbonyl (C=O) groups is 2. The fourth-order valence-electron chi connectivity index (χ4n) is 4.16. The second-order valence-electron chi connectivity index (χ2n) is 9.13. The molecule has 1 aliphatic carbocycles. The third-order valence-electron chi connectivity index (χ3n) is 6.45. The van der Waals surface area contributed by atoms with Gasteiger partial charge in [-0.1, -0.05) is 18.2 Å². The van der Waals surface area contributed by atoms with Crippen molar-refractivity contribution in [1.29, 1.82) is 0 Å². The Labute approximate surface area is 216 Å². The maximum atomic E-state index is 13.1. The molecular formula is C27H23N5O4S. The molecule has 1 saturated carbocycles. The summed E-state index contributed by atoms with van der Waals surface area (Å²) in [5.41, 5.74) is 1.81. The standard InChI is InChI=1S/C27H23N5O4S/c1-31(25(34)17-5-3-2-4-6-17)18-7-8-20-19(13-18)29-26(32(20)15-27(35)11-12-27)30-24(33)23-10-9-22(37-23)21-14-28-16-36-21/h2-10,13-14,16,35H,11-12,15H2,1H3,(H,29,30,33). The van der Waals surface area contributed by atoms with Crippen molar-refractivity contribution in [3.05, 3.63) is 83.7 Å². The number of aliphatic hydroxyl groups is 1. The van der Waals surface area contributed by atoms with E-state index in [1.165, 1.54) is 17.7 Å². The summed E-state index contributed by atoms with van der Waals surface area (Å²) >= 11 is 1.29. The van der Waals surface area contributed by atoms with Crippen LogP contribution < -0.4 is 10.2 Å². The van der Waals surface area contributed by atoms with Crippen molar-refractivity contribution in [2.75, 3.05) is 17.3 Å². The zero-order valence-electron chi connectivity index (χ0n) is 19.9. The molecule has 0 radical (unpaired) electrons. The molecule has 5 aromatic rings. The van der Waals surface area contributed by atoms with Crippen LogP contribution in [-0.4, -0.2) is 44.1 Å². The zero-order valence-corrected chi connectivity index (χ0v) is 20.7. The maximum absolute atomic E-state index is 13.1. The highest BCUT2D eigenvalue weighted by molar-refractivity contribution is 7.17. The van der Waals surface area contributed by atoms with Gasteiger partial charge in [-0.3, -0.25) is 14.9 Å². The van der Waals surface area contributed by atoms with E-state index in [-0.39, 0.29) is 11.8 Å². The molecule has 2 aromatic carbocycles. The lowest BCUT2D eigenvalue weighted by Gasteiger charge is -2.18. The molecule has 9 nitrogen and oxygen atoms in total. The third kappa shape index (κ3) is 4.52. The van der Waals surface area contributed by atoms with E-state index in [9.17, 15) is 14.7 Å². The van der Waals surface area contributed by atoms with Crippen LogP contribution in [0.15, 0.2) is 77.7 Å². The molecule has 186 valence electrons. The van der Waals surface area contributed by atoms with Gasteiger partial charge >= 0.3 is 0 Å². The van der Waals surface area contributed by atoms with Crippen LogP contribution in [-0.2, 0) is 6.54 Å². The van der Waals surface area contributed by atoms with E-state index in [1.807, 2.05) is 47.0 Å². The number of hydrogen-bond acceptors (Lipinski definition) is 7. The van der Waals surface area contributed by atoms with Gasteiger partial charge in [0.1, 0.15) is 0 Å². The molecule has 0 aliphatic heterocycles. The number of oxazole rings is 1. The van der Waals surface area contributed by atoms with Crippen molar-refractivity contribution >= 4 is 45.8 Å². The summed E-state index contributed by atoms with van der Waals surface area (Å²) < 4.78 is 7.15. The quantitative estimate of drug-likeness (QED) is 0.323. The molecule has 0 bridgehead atoms. The topological polar surface area (TPSA) is 113 Å². The normalized spacial score (nSPS) is 14.0. The van der Waals surface area contributed by atoms with Crippen LogP contribution in [0.4, 0.5) is 11.6 Å². The minimum Gasteiger partial charge on any atom is -0.443 e. The number of anilines is 2. The third-order valence-corrected chi connectivity index (χ3v) is 7.55. The number of carbonyl (C=O) groups excluding carboxylic acids is 2. The van der Waals surface area contributed by atoms with Crippen LogP contribution in [0.3, 0.4) is 0 Å². The fourth-order valence-corrected chi connectivity index (χ4v) is 5.02. The van der Waals surface area contributed by atoms with Crippen molar-refractivity contribution in [3.8, 4) is 10.6 Å². The number of rotatable bonds is 7.